The summed E-state index contributed by atoms with van der Waals surface area (Å²) >= 11 is 3.29. The second-order valence-electron chi connectivity index (χ2n) is 3.80. The van der Waals surface area contributed by atoms with Gasteiger partial charge in [0.25, 0.3) is 0 Å². The van der Waals surface area contributed by atoms with Crippen molar-refractivity contribution in [1.29, 1.82) is 0 Å². The van der Waals surface area contributed by atoms with Crippen LogP contribution in [0.5, 0.6) is 5.75 Å². The van der Waals surface area contributed by atoms with Crippen LogP contribution in [-0.4, -0.2) is 23.6 Å². The lowest BCUT2D eigenvalue weighted by atomic mass is 10.2. The third-order valence-corrected chi connectivity index (χ3v) is 3.09. The first kappa shape index (κ1) is 11.4. The van der Waals surface area contributed by atoms with Gasteiger partial charge in [0.1, 0.15) is 5.75 Å². The molecule has 1 aliphatic heterocycles. The van der Waals surface area contributed by atoms with Crippen molar-refractivity contribution in [2.45, 2.75) is 18.9 Å². The fourth-order valence-electron chi connectivity index (χ4n) is 1.74. The Balaban J connectivity index is 2.07. The zero-order valence-electron chi connectivity index (χ0n) is 8.66. The molecule has 0 spiro atoms. The maximum absolute atomic E-state index is 11.8. The molecule has 0 saturated carbocycles. The van der Waals surface area contributed by atoms with E-state index in [1.165, 1.54) is 0 Å². The van der Waals surface area contributed by atoms with E-state index < -0.39 is 0 Å². The first-order valence-electron chi connectivity index (χ1n) is 5.19. The van der Waals surface area contributed by atoms with Gasteiger partial charge < -0.3 is 15.7 Å². The molecule has 2 rings (SSSR count). The number of aromatic hydroxyl groups is 1. The van der Waals surface area contributed by atoms with E-state index in [1.807, 2.05) is 0 Å². The van der Waals surface area contributed by atoms with Crippen LogP contribution in [0.2, 0.25) is 0 Å². The molecule has 0 unspecified atom stereocenters. The number of nitrogens with one attached hydrogen (secondary N) is 2. The summed E-state index contributed by atoms with van der Waals surface area (Å²) < 4.78 is 0.819. The number of benzene rings is 1. The number of amides is 1. The minimum absolute atomic E-state index is 0.0783. The van der Waals surface area contributed by atoms with Crippen LogP contribution < -0.4 is 10.6 Å². The van der Waals surface area contributed by atoms with Crippen molar-refractivity contribution in [3.8, 4) is 5.75 Å². The van der Waals surface area contributed by atoms with E-state index in [0.29, 0.717) is 5.69 Å². The molecule has 16 heavy (non-hydrogen) atoms. The molecular formula is C11H13BrN2O2. The first-order chi connectivity index (χ1) is 7.66. The Morgan fingerprint density at radius 2 is 2.38 bits per heavy atom. The third kappa shape index (κ3) is 2.54. The molecule has 1 atom stereocenters. The summed E-state index contributed by atoms with van der Waals surface area (Å²) in [6.45, 7) is 0.878. The number of hydrogen-bond donors (Lipinski definition) is 3. The average molecular weight is 285 g/mol. The Hall–Kier alpha value is -1.07. The maximum atomic E-state index is 11.8. The number of halogens is 1. The van der Waals surface area contributed by atoms with Crippen LogP contribution in [-0.2, 0) is 4.79 Å². The number of phenolic OH excluding ortho intramolecular Hbond substituents is 1. The van der Waals surface area contributed by atoms with Gasteiger partial charge in [-0.2, -0.15) is 0 Å². The zero-order chi connectivity index (χ0) is 11.5. The monoisotopic (exact) mass is 284 g/mol. The topological polar surface area (TPSA) is 61.4 Å². The van der Waals surface area contributed by atoms with Gasteiger partial charge in [0.05, 0.1) is 11.7 Å². The van der Waals surface area contributed by atoms with Crippen molar-refractivity contribution in [3.63, 3.8) is 0 Å². The third-order valence-electron chi connectivity index (χ3n) is 2.59. The van der Waals surface area contributed by atoms with E-state index in [2.05, 4.69) is 26.6 Å². The highest BCUT2D eigenvalue weighted by atomic mass is 79.9. The van der Waals surface area contributed by atoms with E-state index in [4.69, 9.17) is 0 Å². The normalized spacial score (nSPS) is 19.7. The Bertz CT molecular complexity index is 403. The minimum Gasteiger partial charge on any atom is -0.506 e. The second-order valence-corrected chi connectivity index (χ2v) is 4.72. The van der Waals surface area contributed by atoms with E-state index in [9.17, 15) is 9.90 Å². The highest BCUT2D eigenvalue weighted by Crippen LogP contribution is 2.27. The van der Waals surface area contributed by atoms with E-state index in [1.54, 1.807) is 18.2 Å². The molecule has 1 fully saturated rings. The van der Waals surface area contributed by atoms with Gasteiger partial charge in [0.15, 0.2) is 0 Å². The molecule has 1 saturated heterocycles. The van der Waals surface area contributed by atoms with Crippen molar-refractivity contribution in [3.05, 3.63) is 22.7 Å². The van der Waals surface area contributed by atoms with Crippen LogP contribution in [0.1, 0.15) is 12.8 Å². The van der Waals surface area contributed by atoms with Crippen LogP contribution in [0.25, 0.3) is 0 Å². The smallest absolute Gasteiger partial charge is 0.241 e. The second kappa shape index (κ2) is 4.84. The summed E-state index contributed by atoms with van der Waals surface area (Å²) in [7, 11) is 0. The predicted octanol–water partition coefficient (Wildman–Crippen LogP) is 1.85. The zero-order valence-corrected chi connectivity index (χ0v) is 10.3. The number of hydrogen-bond acceptors (Lipinski definition) is 3. The van der Waals surface area contributed by atoms with Gasteiger partial charge in [-0.25, -0.2) is 0 Å². The van der Waals surface area contributed by atoms with Gasteiger partial charge in [-0.1, -0.05) is 15.9 Å². The molecule has 0 aromatic heterocycles. The molecule has 0 bridgehead atoms. The molecule has 0 aliphatic carbocycles. The summed E-state index contributed by atoms with van der Waals surface area (Å²) in [6.07, 6.45) is 1.86. The number of phenols is 1. The number of rotatable bonds is 2. The molecule has 1 heterocycles. The molecule has 1 aromatic carbocycles. The average Bonchev–Trinajstić information content (AvgIpc) is 2.76. The van der Waals surface area contributed by atoms with Crippen LogP contribution in [0.15, 0.2) is 22.7 Å². The SMILES string of the molecule is O=C(Nc1cc(Br)ccc1O)[C@@H]1CCCN1. The van der Waals surface area contributed by atoms with Gasteiger partial charge in [0, 0.05) is 4.47 Å². The Kier molecular flexibility index (Phi) is 3.46. The van der Waals surface area contributed by atoms with E-state index >= 15 is 0 Å². The van der Waals surface area contributed by atoms with Gasteiger partial charge in [-0.15, -0.1) is 0 Å². The van der Waals surface area contributed by atoms with Crippen LogP contribution in [0.3, 0.4) is 0 Å². The quantitative estimate of drug-likeness (QED) is 0.727. The summed E-state index contributed by atoms with van der Waals surface area (Å²) in [6, 6.07) is 4.81. The van der Waals surface area contributed by atoms with Gasteiger partial charge in [0.2, 0.25) is 5.91 Å². The summed E-state index contributed by atoms with van der Waals surface area (Å²) in [5.74, 6) is -0.0135. The molecule has 0 radical (unpaired) electrons. The molecule has 4 nitrogen and oxygen atoms in total. The highest BCUT2D eigenvalue weighted by Gasteiger charge is 2.22. The van der Waals surface area contributed by atoms with Crippen LogP contribution in [0, 0.1) is 0 Å². The number of anilines is 1. The lowest BCUT2D eigenvalue weighted by Gasteiger charge is -2.12. The first-order valence-corrected chi connectivity index (χ1v) is 5.99. The molecular weight excluding hydrogens is 272 g/mol. The lowest BCUT2D eigenvalue weighted by Crippen LogP contribution is -2.35. The van der Waals surface area contributed by atoms with Gasteiger partial charge in [-0.3, -0.25) is 4.79 Å². The molecule has 5 heteroatoms. The molecule has 1 aromatic rings. The standard InChI is InChI=1S/C11H13BrN2O2/c12-7-3-4-10(15)9(6-7)14-11(16)8-2-1-5-13-8/h3-4,6,8,13,15H,1-2,5H2,(H,14,16)/t8-/m0/s1. The van der Waals surface area contributed by atoms with Crippen LogP contribution in [0.4, 0.5) is 5.69 Å². The van der Waals surface area contributed by atoms with Crippen molar-refractivity contribution in [2.75, 3.05) is 11.9 Å². The highest BCUT2D eigenvalue weighted by molar-refractivity contribution is 9.10. The fourth-order valence-corrected chi connectivity index (χ4v) is 2.10. The van der Waals surface area contributed by atoms with Gasteiger partial charge >= 0.3 is 0 Å². The van der Waals surface area contributed by atoms with Crippen molar-refractivity contribution in [1.82, 2.24) is 5.32 Å². The number of carbonyl (C=O) groups excluding carboxylic acids is 1. The van der Waals surface area contributed by atoms with Crippen LogP contribution >= 0.6 is 15.9 Å². The predicted molar refractivity (Wildman–Crippen MR) is 65.5 cm³/mol. The van der Waals surface area contributed by atoms with E-state index in [0.717, 1.165) is 23.9 Å². The minimum atomic E-state index is -0.140. The summed E-state index contributed by atoms with van der Waals surface area (Å²) in [5, 5.41) is 15.4. The van der Waals surface area contributed by atoms with Gasteiger partial charge in [-0.05, 0) is 37.6 Å². The summed E-state index contributed by atoms with van der Waals surface area (Å²) in [5.41, 5.74) is 0.438. The van der Waals surface area contributed by atoms with Crippen molar-refractivity contribution in [2.24, 2.45) is 0 Å². The lowest BCUT2D eigenvalue weighted by molar-refractivity contribution is -0.117. The molecule has 3 N–H and O–H groups in total. The van der Waals surface area contributed by atoms with E-state index in [-0.39, 0.29) is 17.7 Å². The van der Waals surface area contributed by atoms with Crippen molar-refractivity contribution >= 4 is 27.5 Å². The van der Waals surface area contributed by atoms with Crippen molar-refractivity contribution < 1.29 is 9.90 Å². The Labute approximate surface area is 102 Å². The number of carbonyl (C=O) groups is 1. The Morgan fingerprint density at radius 3 is 3.06 bits per heavy atom. The maximum Gasteiger partial charge on any atom is 0.241 e. The Morgan fingerprint density at radius 1 is 1.56 bits per heavy atom. The molecule has 86 valence electrons. The summed E-state index contributed by atoms with van der Waals surface area (Å²) in [4.78, 5) is 11.8. The molecule has 1 aliphatic rings. The largest absolute Gasteiger partial charge is 0.506 e. The fraction of sp³-hybridized carbons (Fsp3) is 0.364. The molecule has 1 amide bonds.